The van der Waals surface area contributed by atoms with Gasteiger partial charge in [-0.15, -0.1) is 0 Å². The Morgan fingerprint density at radius 3 is 2.79 bits per heavy atom. The normalized spacial score (nSPS) is 30.4. The van der Waals surface area contributed by atoms with Crippen molar-refractivity contribution in [3.05, 3.63) is 34.9 Å². The maximum atomic E-state index is 12.8. The summed E-state index contributed by atoms with van der Waals surface area (Å²) in [6, 6.07) is 5.53. The fourth-order valence-corrected chi connectivity index (χ4v) is 5.24. The van der Waals surface area contributed by atoms with Gasteiger partial charge in [-0.05, 0) is 61.5 Å². The second kappa shape index (κ2) is 6.97. The van der Waals surface area contributed by atoms with E-state index in [0.29, 0.717) is 18.5 Å². The average molecular weight is 382 g/mol. The van der Waals surface area contributed by atoms with Crippen molar-refractivity contribution in [3.63, 3.8) is 0 Å². The van der Waals surface area contributed by atoms with Crippen LogP contribution in [0.25, 0.3) is 0 Å². The molecule has 0 saturated carbocycles. The Bertz CT molecular complexity index is 839. The van der Waals surface area contributed by atoms with Crippen LogP contribution in [0.4, 0.5) is 0 Å². The molecule has 0 aliphatic carbocycles. The molecule has 3 saturated heterocycles. The van der Waals surface area contributed by atoms with Crippen molar-refractivity contribution in [2.24, 2.45) is 11.8 Å². The first-order chi connectivity index (χ1) is 13.6. The van der Waals surface area contributed by atoms with Crippen LogP contribution in [-0.2, 0) is 22.7 Å². The summed E-state index contributed by atoms with van der Waals surface area (Å²) >= 11 is 0. The smallest absolute Gasteiger partial charge is 0.255 e. The molecule has 4 heterocycles. The largest absolute Gasteiger partial charge is 0.322 e. The Morgan fingerprint density at radius 2 is 1.93 bits per heavy atom. The van der Waals surface area contributed by atoms with Gasteiger partial charge in [0.05, 0.1) is 0 Å². The summed E-state index contributed by atoms with van der Waals surface area (Å²) < 4.78 is 0. The van der Waals surface area contributed by atoms with Gasteiger partial charge in [-0.1, -0.05) is 12.1 Å². The number of nitrogens with one attached hydrogen (secondary N) is 2. The molecule has 3 atom stereocenters. The van der Waals surface area contributed by atoms with Crippen LogP contribution in [0.15, 0.2) is 18.2 Å². The van der Waals surface area contributed by atoms with Crippen molar-refractivity contribution >= 4 is 17.7 Å². The average Bonchev–Trinajstić information content (AvgIpc) is 3.26. The number of benzene rings is 1. The first kappa shape index (κ1) is 17.8. The van der Waals surface area contributed by atoms with E-state index in [9.17, 15) is 14.4 Å². The lowest BCUT2D eigenvalue weighted by Gasteiger charge is -2.34. The Kier molecular flexibility index (Phi) is 4.44. The van der Waals surface area contributed by atoms with E-state index in [1.54, 1.807) is 4.90 Å². The van der Waals surface area contributed by atoms with E-state index < -0.39 is 6.04 Å². The molecule has 4 aliphatic rings. The number of piperidine rings is 2. The van der Waals surface area contributed by atoms with Gasteiger partial charge in [-0.2, -0.15) is 0 Å². The summed E-state index contributed by atoms with van der Waals surface area (Å²) in [6.45, 7) is 5.90. The van der Waals surface area contributed by atoms with Gasteiger partial charge < -0.3 is 10.2 Å². The van der Waals surface area contributed by atoms with E-state index in [1.165, 1.54) is 12.0 Å². The van der Waals surface area contributed by atoms with Gasteiger partial charge in [0.15, 0.2) is 0 Å². The minimum atomic E-state index is -0.546. The van der Waals surface area contributed by atoms with Gasteiger partial charge in [0.2, 0.25) is 11.8 Å². The number of hydrogen-bond acceptors (Lipinski definition) is 5. The molecule has 5 rings (SSSR count). The Labute approximate surface area is 164 Å². The van der Waals surface area contributed by atoms with Crippen LogP contribution in [0.5, 0.6) is 0 Å². The van der Waals surface area contributed by atoms with Gasteiger partial charge >= 0.3 is 0 Å². The first-order valence-electron chi connectivity index (χ1n) is 10.3. The topological polar surface area (TPSA) is 81.8 Å². The molecule has 0 spiro atoms. The van der Waals surface area contributed by atoms with Gasteiger partial charge in [-0.25, -0.2) is 0 Å². The third-order valence-corrected chi connectivity index (χ3v) is 6.78. The Morgan fingerprint density at radius 1 is 1.07 bits per heavy atom. The van der Waals surface area contributed by atoms with Crippen LogP contribution < -0.4 is 10.6 Å². The van der Waals surface area contributed by atoms with Crippen LogP contribution >= 0.6 is 0 Å². The molecule has 2 N–H and O–H groups in total. The third kappa shape index (κ3) is 3.12. The molecule has 0 aromatic heterocycles. The number of carbonyl (C=O) groups excluding carboxylic acids is 3. The van der Waals surface area contributed by atoms with Gasteiger partial charge in [0.25, 0.3) is 5.91 Å². The fourth-order valence-electron chi connectivity index (χ4n) is 5.24. The zero-order chi connectivity index (χ0) is 19.3. The molecule has 7 nitrogen and oxygen atoms in total. The molecule has 7 heteroatoms. The molecule has 148 valence electrons. The lowest BCUT2D eigenvalue weighted by Crippen LogP contribution is -2.52. The van der Waals surface area contributed by atoms with Gasteiger partial charge in [-0.3, -0.25) is 24.6 Å². The Balaban J connectivity index is 1.28. The predicted octanol–water partition coefficient (Wildman–Crippen LogP) is 0.489. The highest BCUT2D eigenvalue weighted by atomic mass is 16.2. The van der Waals surface area contributed by atoms with Crippen LogP contribution in [0.3, 0.4) is 0 Å². The number of likely N-dealkylation sites (tertiary alicyclic amines) is 1. The number of hydrogen-bond donors (Lipinski definition) is 2. The van der Waals surface area contributed by atoms with Crippen molar-refractivity contribution in [2.75, 3.05) is 26.2 Å². The highest BCUT2D eigenvalue weighted by Gasteiger charge is 2.39. The molecule has 4 aliphatic heterocycles. The molecule has 28 heavy (non-hydrogen) atoms. The number of rotatable bonds is 3. The van der Waals surface area contributed by atoms with E-state index in [2.05, 4.69) is 21.6 Å². The summed E-state index contributed by atoms with van der Waals surface area (Å²) in [4.78, 5) is 40.5. The van der Waals surface area contributed by atoms with Crippen molar-refractivity contribution in [1.82, 2.24) is 20.4 Å². The number of imide groups is 1. The Hall–Kier alpha value is -2.25. The SMILES string of the molecule is O=C1CCC(N2Cc3cc(CN4CC[C@H]5CNC[C@H]5C4)ccc3C2=O)C(=O)N1. The van der Waals surface area contributed by atoms with Crippen molar-refractivity contribution < 1.29 is 14.4 Å². The number of carbonyl (C=O) groups is 3. The van der Waals surface area contributed by atoms with Gasteiger partial charge in [0, 0.05) is 31.6 Å². The highest BCUT2D eigenvalue weighted by Crippen LogP contribution is 2.30. The zero-order valence-electron chi connectivity index (χ0n) is 15.9. The molecule has 0 bridgehead atoms. The predicted molar refractivity (Wildman–Crippen MR) is 102 cm³/mol. The number of amides is 3. The summed E-state index contributed by atoms with van der Waals surface area (Å²) in [5.41, 5.74) is 2.90. The molecule has 1 unspecified atom stereocenters. The van der Waals surface area contributed by atoms with Crippen LogP contribution in [-0.4, -0.2) is 59.7 Å². The maximum absolute atomic E-state index is 12.8. The monoisotopic (exact) mass is 382 g/mol. The van der Waals surface area contributed by atoms with Crippen molar-refractivity contribution in [1.29, 1.82) is 0 Å². The second-order valence-corrected chi connectivity index (χ2v) is 8.59. The number of fused-ring (bicyclic) bond motifs is 2. The summed E-state index contributed by atoms with van der Waals surface area (Å²) in [5, 5.41) is 5.86. The van der Waals surface area contributed by atoms with E-state index in [0.717, 1.165) is 50.1 Å². The van der Waals surface area contributed by atoms with Gasteiger partial charge in [0.1, 0.15) is 6.04 Å². The van der Waals surface area contributed by atoms with Crippen molar-refractivity contribution in [2.45, 2.75) is 38.4 Å². The lowest BCUT2D eigenvalue weighted by molar-refractivity contribution is -0.136. The molecule has 0 radical (unpaired) electrons. The quantitative estimate of drug-likeness (QED) is 0.744. The molecular formula is C21H26N4O3. The van der Waals surface area contributed by atoms with E-state index in [4.69, 9.17) is 0 Å². The van der Waals surface area contributed by atoms with Crippen LogP contribution in [0, 0.1) is 11.8 Å². The van der Waals surface area contributed by atoms with Crippen LogP contribution in [0.1, 0.15) is 40.7 Å². The summed E-state index contributed by atoms with van der Waals surface area (Å²) in [6.07, 6.45) is 1.94. The van der Waals surface area contributed by atoms with Crippen LogP contribution in [0.2, 0.25) is 0 Å². The third-order valence-electron chi connectivity index (χ3n) is 6.78. The molecule has 1 aromatic rings. The highest BCUT2D eigenvalue weighted by molar-refractivity contribution is 6.05. The summed E-state index contributed by atoms with van der Waals surface area (Å²) in [7, 11) is 0. The van der Waals surface area contributed by atoms with E-state index >= 15 is 0 Å². The maximum Gasteiger partial charge on any atom is 0.255 e. The lowest BCUT2D eigenvalue weighted by atomic mass is 9.88. The minimum absolute atomic E-state index is 0.103. The molecule has 1 aromatic carbocycles. The molecule has 3 fully saturated rings. The van der Waals surface area contributed by atoms with E-state index in [-0.39, 0.29) is 24.1 Å². The second-order valence-electron chi connectivity index (χ2n) is 8.59. The number of nitrogens with zero attached hydrogens (tertiary/aromatic N) is 2. The zero-order valence-corrected chi connectivity index (χ0v) is 15.9. The molecule has 3 amide bonds. The summed E-state index contributed by atoms with van der Waals surface area (Å²) in [5.74, 6) is 0.872. The van der Waals surface area contributed by atoms with Crippen molar-refractivity contribution in [3.8, 4) is 0 Å². The standard InChI is InChI=1S/C21H26N4O3/c26-19-4-3-18(20(27)23-19)25-12-15-7-13(1-2-17(15)21(25)28)10-24-6-5-14-8-22-9-16(14)11-24/h1-2,7,14,16,18,22H,3-6,8-12H2,(H,23,26,27)/t14-,16-,18?/m0/s1. The first-order valence-corrected chi connectivity index (χ1v) is 10.3. The fraction of sp³-hybridized carbons (Fsp3) is 0.571. The van der Waals surface area contributed by atoms with E-state index in [1.807, 2.05) is 12.1 Å². The molecular weight excluding hydrogens is 356 g/mol. The minimum Gasteiger partial charge on any atom is -0.322 e.